The first-order valence-electron chi connectivity index (χ1n) is 5.31. The number of hydrogen-bond acceptors (Lipinski definition) is 4. The minimum Gasteiger partial charge on any atom is -0.397 e. The van der Waals surface area contributed by atoms with Gasteiger partial charge < -0.3 is 5.73 Å². The summed E-state index contributed by atoms with van der Waals surface area (Å²) in [6.45, 7) is 2.20. The van der Waals surface area contributed by atoms with Gasteiger partial charge in [0.05, 0.1) is 15.6 Å². The van der Waals surface area contributed by atoms with Crippen LogP contribution in [0.5, 0.6) is 0 Å². The number of nitrogen functional groups attached to an aromatic ring is 1. The molecule has 102 valence electrons. The van der Waals surface area contributed by atoms with Crippen LogP contribution in [0, 0.1) is 6.92 Å². The second-order valence-electron chi connectivity index (χ2n) is 3.96. The van der Waals surface area contributed by atoms with Gasteiger partial charge in [0.1, 0.15) is 0 Å². The molecule has 7 heteroatoms. The van der Waals surface area contributed by atoms with Crippen LogP contribution in [0.4, 0.5) is 5.69 Å². The third-order valence-corrected chi connectivity index (χ3v) is 5.52. The van der Waals surface area contributed by atoms with Crippen molar-refractivity contribution in [3.63, 3.8) is 0 Å². The molecule has 0 bridgehead atoms. The summed E-state index contributed by atoms with van der Waals surface area (Å²) in [7, 11) is -1.93. The van der Waals surface area contributed by atoms with Gasteiger partial charge in [-0.15, -0.1) is 0 Å². The Morgan fingerprint density at radius 3 is 2.56 bits per heavy atom. The van der Waals surface area contributed by atoms with Crippen LogP contribution in [-0.4, -0.2) is 38.3 Å². The number of hydrogen-bond donors (Lipinski definition) is 1. The first kappa shape index (κ1) is 15.6. The van der Waals surface area contributed by atoms with E-state index in [1.165, 1.54) is 10.4 Å². The van der Waals surface area contributed by atoms with E-state index in [1.54, 1.807) is 31.8 Å². The lowest BCUT2D eigenvalue weighted by molar-refractivity contribution is 0.488. The van der Waals surface area contributed by atoms with Crippen molar-refractivity contribution in [2.45, 2.75) is 11.8 Å². The van der Waals surface area contributed by atoms with Gasteiger partial charge in [-0.3, -0.25) is 0 Å². The fraction of sp³-hybridized carbons (Fsp3) is 0.455. The molecule has 0 atom stereocenters. The van der Waals surface area contributed by atoms with Crippen LogP contribution in [0.2, 0.25) is 5.02 Å². The number of benzene rings is 1. The third kappa shape index (κ3) is 3.32. The minimum absolute atomic E-state index is 0.186. The number of thioether (sulfide) groups is 1. The van der Waals surface area contributed by atoms with Crippen molar-refractivity contribution in [2.24, 2.45) is 0 Å². The van der Waals surface area contributed by atoms with Crippen LogP contribution in [0.1, 0.15) is 5.56 Å². The maximum Gasteiger partial charge on any atom is 0.242 e. The molecule has 0 aliphatic rings. The van der Waals surface area contributed by atoms with Gasteiger partial charge in [-0.1, -0.05) is 11.6 Å². The largest absolute Gasteiger partial charge is 0.397 e. The normalized spacial score (nSPS) is 12.1. The van der Waals surface area contributed by atoms with Crippen molar-refractivity contribution in [3.05, 3.63) is 22.7 Å². The van der Waals surface area contributed by atoms with Crippen molar-refractivity contribution in [1.82, 2.24) is 4.31 Å². The second-order valence-corrected chi connectivity index (χ2v) is 7.37. The van der Waals surface area contributed by atoms with Crippen molar-refractivity contribution < 1.29 is 8.42 Å². The number of nitrogens with zero attached hydrogens (tertiary/aromatic N) is 1. The number of sulfonamides is 1. The molecular formula is C11H17ClN2O2S2. The highest BCUT2D eigenvalue weighted by molar-refractivity contribution is 7.98. The molecule has 4 nitrogen and oxygen atoms in total. The molecule has 0 saturated heterocycles. The molecule has 0 aliphatic carbocycles. The smallest absolute Gasteiger partial charge is 0.242 e. The number of nitrogens with two attached hydrogens (primary N) is 1. The van der Waals surface area contributed by atoms with Gasteiger partial charge in [0, 0.05) is 19.3 Å². The second kappa shape index (κ2) is 6.14. The van der Waals surface area contributed by atoms with Gasteiger partial charge in [-0.2, -0.15) is 11.8 Å². The lowest BCUT2D eigenvalue weighted by Gasteiger charge is -2.17. The molecule has 0 amide bonds. The number of aryl methyl sites for hydroxylation is 1. The molecule has 0 radical (unpaired) electrons. The first-order chi connectivity index (χ1) is 8.30. The molecule has 1 aromatic carbocycles. The van der Waals surface area contributed by atoms with Crippen molar-refractivity contribution in [3.8, 4) is 0 Å². The molecule has 0 aliphatic heterocycles. The SMILES string of the molecule is CSCCN(C)S(=O)(=O)c1cc(C)c(Cl)c(N)c1. The van der Waals surface area contributed by atoms with E-state index >= 15 is 0 Å². The number of halogens is 1. The highest BCUT2D eigenvalue weighted by Crippen LogP contribution is 2.28. The third-order valence-electron chi connectivity index (χ3n) is 2.57. The molecule has 18 heavy (non-hydrogen) atoms. The zero-order chi connectivity index (χ0) is 13.9. The molecule has 0 aromatic heterocycles. The fourth-order valence-electron chi connectivity index (χ4n) is 1.43. The van der Waals surface area contributed by atoms with Crippen LogP contribution >= 0.6 is 23.4 Å². The molecule has 0 fully saturated rings. The summed E-state index contributed by atoms with van der Waals surface area (Å²) in [5, 5.41) is 0.403. The molecule has 1 aromatic rings. The van der Waals surface area contributed by atoms with Crippen LogP contribution in [0.3, 0.4) is 0 Å². The predicted molar refractivity (Wildman–Crippen MR) is 78.8 cm³/mol. The van der Waals surface area contributed by atoms with E-state index in [4.69, 9.17) is 17.3 Å². The molecular weight excluding hydrogens is 292 g/mol. The molecule has 0 saturated carbocycles. The van der Waals surface area contributed by atoms with Gasteiger partial charge in [-0.25, -0.2) is 12.7 Å². The lowest BCUT2D eigenvalue weighted by atomic mass is 10.2. The van der Waals surface area contributed by atoms with Crippen molar-refractivity contribution in [1.29, 1.82) is 0 Å². The van der Waals surface area contributed by atoms with Gasteiger partial charge in [0.2, 0.25) is 10.0 Å². The zero-order valence-corrected chi connectivity index (χ0v) is 13.0. The van der Waals surface area contributed by atoms with Gasteiger partial charge in [0.15, 0.2) is 0 Å². The average molecular weight is 309 g/mol. The highest BCUT2D eigenvalue weighted by atomic mass is 35.5. The van der Waals surface area contributed by atoms with E-state index < -0.39 is 10.0 Å². The van der Waals surface area contributed by atoms with Crippen LogP contribution in [0.15, 0.2) is 17.0 Å². The minimum atomic E-state index is -3.49. The monoisotopic (exact) mass is 308 g/mol. The quantitative estimate of drug-likeness (QED) is 0.847. The summed E-state index contributed by atoms with van der Waals surface area (Å²) in [4.78, 5) is 0.186. The Balaban J connectivity index is 3.13. The predicted octanol–water partition coefficient (Wildman–Crippen LogP) is 2.21. The molecule has 0 heterocycles. The highest BCUT2D eigenvalue weighted by Gasteiger charge is 2.21. The molecule has 1 rings (SSSR count). The average Bonchev–Trinajstić information content (AvgIpc) is 2.32. The summed E-state index contributed by atoms with van der Waals surface area (Å²) in [6, 6.07) is 2.95. The zero-order valence-electron chi connectivity index (χ0n) is 10.6. The Labute approximate surface area is 118 Å². The summed E-state index contributed by atoms with van der Waals surface area (Å²) in [5.74, 6) is 0.748. The van der Waals surface area contributed by atoms with Gasteiger partial charge in [-0.05, 0) is 30.9 Å². The van der Waals surface area contributed by atoms with Gasteiger partial charge >= 0.3 is 0 Å². The van der Waals surface area contributed by atoms with Crippen molar-refractivity contribution in [2.75, 3.05) is 31.3 Å². The van der Waals surface area contributed by atoms with E-state index in [1.807, 2.05) is 6.26 Å². The Hall–Kier alpha value is -0.430. The number of rotatable bonds is 5. The van der Waals surface area contributed by atoms with Gasteiger partial charge in [0.25, 0.3) is 0 Å². The summed E-state index contributed by atoms with van der Waals surface area (Å²) in [5.41, 5.74) is 6.65. The van der Waals surface area contributed by atoms with Crippen LogP contribution in [-0.2, 0) is 10.0 Å². The maximum absolute atomic E-state index is 12.3. The Kier molecular flexibility index (Phi) is 5.33. The first-order valence-corrected chi connectivity index (χ1v) is 8.52. The van der Waals surface area contributed by atoms with E-state index in [-0.39, 0.29) is 10.6 Å². The van der Waals surface area contributed by atoms with Crippen molar-refractivity contribution >= 4 is 39.1 Å². The summed E-state index contributed by atoms with van der Waals surface area (Å²) in [6.07, 6.45) is 1.94. The maximum atomic E-state index is 12.3. The Morgan fingerprint density at radius 2 is 2.06 bits per heavy atom. The van der Waals surface area contributed by atoms with E-state index in [9.17, 15) is 8.42 Å². The Morgan fingerprint density at radius 1 is 1.44 bits per heavy atom. The van der Waals surface area contributed by atoms with Crippen LogP contribution in [0.25, 0.3) is 0 Å². The Bertz CT molecular complexity index is 509. The standard InChI is InChI=1S/C11H17ClN2O2S2/c1-8-6-9(7-10(13)11(8)12)18(15,16)14(2)4-5-17-3/h6-7H,4-5,13H2,1-3H3. The lowest BCUT2D eigenvalue weighted by Crippen LogP contribution is -2.29. The van der Waals surface area contributed by atoms with E-state index in [0.29, 0.717) is 17.1 Å². The topological polar surface area (TPSA) is 63.4 Å². The molecule has 0 spiro atoms. The molecule has 0 unspecified atom stereocenters. The number of anilines is 1. The van der Waals surface area contributed by atoms with E-state index in [0.717, 1.165) is 5.75 Å². The molecule has 2 N–H and O–H groups in total. The summed E-state index contributed by atoms with van der Waals surface area (Å²) >= 11 is 7.52. The fourth-order valence-corrected chi connectivity index (χ4v) is 3.41. The summed E-state index contributed by atoms with van der Waals surface area (Å²) < 4.78 is 25.9. The van der Waals surface area contributed by atoms with Crippen LogP contribution < -0.4 is 5.73 Å². The van der Waals surface area contributed by atoms with E-state index in [2.05, 4.69) is 0 Å².